The highest BCUT2D eigenvalue weighted by Crippen LogP contribution is 2.27. The van der Waals surface area contributed by atoms with Crippen molar-refractivity contribution in [2.45, 2.75) is 19.8 Å². The molecular weight excluding hydrogens is 324 g/mol. The number of carbonyl (C=O) groups is 3. The molecule has 1 aliphatic heterocycles. The van der Waals surface area contributed by atoms with Gasteiger partial charge in [-0.25, -0.2) is 0 Å². The minimum Gasteiger partial charge on any atom is -0.377 e. The first-order chi connectivity index (χ1) is 12.1. The summed E-state index contributed by atoms with van der Waals surface area (Å²) in [6.45, 7) is 4.01. The number of amides is 3. The monoisotopic (exact) mass is 348 g/mol. The number of ether oxygens (including phenoxy) is 2. The Morgan fingerprint density at radius 2 is 1.76 bits per heavy atom. The fraction of sp³-hybridized carbons (Fsp3) is 0.500. The van der Waals surface area contributed by atoms with E-state index in [1.165, 1.54) is 17.7 Å². The molecular formula is C18H24N2O5. The van der Waals surface area contributed by atoms with Crippen LogP contribution in [0.5, 0.6) is 0 Å². The zero-order chi connectivity index (χ0) is 18.1. The molecule has 1 saturated carbocycles. The summed E-state index contributed by atoms with van der Waals surface area (Å²) in [4.78, 5) is 37.4. The summed E-state index contributed by atoms with van der Waals surface area (Å²) in [7, 11) is 0. The number of nitrogens with zero attached hydrogens (tertiary/aromatic N) is 2. The Morgan fingerprint density at radius 1 is 1.12 bits per heavy atom. The van der Waals surface area contributed by atoms with E-state index in [9.17, 15) is 14.4 Å². The van der Waals surface area contributed by atoms with Gasteiger partial charge in [-0.05, 0) is 25.8 Å². The maximum Gasteiger partial charge on any atom is 0.253 e. The van der Waals surface area contributed by atoms with E-state index in [0.717, 1.165) is 17.7 Å². The van der Waals surface area contributed by atoms with Crippen LogP contribution >= 0.6 is 0 Å². The van der Waals surface area contributed by atoms with Crippen LogP contribution in [0.3, 0.4) is 0 Å². The quantitative estimate of drug-likeness (QED) is 0.317. The van der Waals surface area contributed by atoms with E-state index < -0.39 is 0 Å². The van der Waals surface area contributed by atoms with Crippen molar-refractivity contribution >= 4 is 17.7 Å². The fourth-order valence-corrected chi connectivity index (χ4v) is 2.19. The van der Waals surface area contributed by atoms with Crippen LogP contribution in [0.15, 0.2) is 36.1 Å². The SMILES string of the molecule is C/C=C\C(=O)N(C=C1CC1)CCOCCOCCN1C(=O)C=CC1=O. The Balaban J connectivity index is 1.53. The third-order valence-electron chi connectivity index (χ3n) is 3.68. The smallest absolute Gasteiger partial charge is 0.253 e. The van der Waals surface area contributed by atoms with Crippen LogP contribution in [0.2, 0.25) is 0 Å². The fourth-order valence-electron chi connectivity index (χ4n) is 2.19. The maximum atomic E-state index is 11.9. The first-order valence-corrected chi connectivity index (χ1v) is 8.43. The first-order valence-electron chi connectivity index (χ1n) is 8.43. The van der Waals surface area contributed by atoms with Gasteiger partial charge in [0.1, 0.15) is 0 Å². The maximum absolute atomic E-state index is 11.9. The topological polar surface area (TPSA) is 76.2 Å². The van der Waals surface area contributed by atoms with E-state index >= 15 is 0 Å². The zero-order valence-corrected chi connectivity index (χ0v) is 14.5. The molecule has 7 nitrogen and oxygen atoms in total. The third-order valence-corrected chi connectivity index (χ3v) is 3.68. The molecule has 7 heteroatoms. The molecule has 1 heterocycles. The van der Waals surface area contributed by atoms with Crippen LogP contribution in [-0.4, -0.2) is 67.0 Å². The minimum atomic E-state index is -0.305. The lowest BCUT2D eigenvalue weighted by Crippen LogP contribution is -2.33. The average molecular weight is 348 g/mol. The van der Waals surface area contributed by atoms with Gasteiger partial charge in [-0.1, -0.05) is 11.6 Å². The molecule has 2 aliphatic rings. The molecule has 2 rings (SSSR count). The predicted octanol–water partition coefficient (Wildman–Crippen LogP) is 1.03. The number of carbonyl (C=O) groups excluding carboxylic acids is 3. The molecule has 0 bridgehead atoms. The second-order valence-electron chi connectivity index (χ2n) is 5.71. The number of rotatable bonds is 11. The van der Waals surface area contributed by atoms with Crippen molar-refractivity contribution in [3.05, 3.63) is 36.1 Å². The Morgan fingerprint density at radius 3 is 2.36 bits per heavy atom. The Hall–Kier alpha value is -2.25. The molecule has 0 saturated heterocycles. The first kappa shape index (κ1) is 19.1. The lowest BCUT2D eigenvalue weighted by molar-refractivity contribution is -0.137. The molecule has 0 N–H and O–H groups in total. The molecule has 0 aromatic carbocycles. The summed E-state index contributed by atoms with van der Waals surface area (Å²) in [5.74, 6) is -0.656. The van der Waals surface area contributed by atoms with Gasteiger partial charge in [0.15, 0.2) is 0 Å². The Labute approximate surface area is 147 Å². The summed E-state index contributed by atoms with van der Waals surface area (Å²) in [6.07, 6.45) is 9.80. The van der Waals surface area contributed by atoms with Crippen molar-refractivity contribution in [2.24, 2.45) is 0 Å². The number of imide groups is 1. The van der Waals surface area contributed by atoms with Crippen molar-refractivity contribution in [3.8, 4) is 0 Å². The predicted molar refractivity (Wildman–Crippen MR) is 91.3 cm³/mol. The molecule has 1 aliphatic carbocycles. The summed E-state index contributed by atoms with van der Waals surface area (Å²) in [5.41, 5.74) is 1.28. The second-order valence-corrected chi connectivity index (χ2v) is 5.71. The molecule has 0 aromatic heterocycles. The molecule has 25 heavy (non-hydrogen) atoms. The van der Waals surface area contributed by atoms with Gasteiger partial charge in [0, 0.05) is 24.9 Å². The summed E-state index contributed by atoms with van der Waals surface area (Å²) >= 11 is 0. The average Bonchev–Trinajstić information content (AvgIpc) is 3.35. The van der Waals surface area contributed by atoms with Crippen LogP contribution in [0.4, 0.5) is 0 Å². The Bertz CT molecular complexity index is 570. The molecule has 3 amide bonds. The minimum absolute atomic E-state index is 0.0460. The van der Waals surface area contributed by atoms with Crippen LogP contribution in [0.25, 0.3) is 0 Å². The van der Waals surface area contributed by atoms with Crippen LogP contribution in [0, 0.1) is 0 Å². The normalized spacial score (nSPS) is 16.2. The van der Waals surface area contributed by atoms with Gasteiger partial charge in [-0.3, -0.25) is 19.3 Å². The molecule has 0 aromatic rings. The van der Waals surface area contributed by atoms with Gasteiger partial charge in [0.2, 0.25) is 5.91 Å². The summed E-state index contributed by atoms with van der Waals surface area (Å²) in [6, 6.07) is 0. The van der Waals surface area contributed by atoms with Crippen molar-refractivity contribution in [3.63, 3.8) is 0 Å². The summed E-state index contributed by atoms with van der Waals surface area (Å²) < 4.78 is 10.8. The van der Waals surface area contributed by atoms with E-state index in [1.54, 1.807) is 17.1 Å². The van der Waals surface area contributed by atoms with Gasteiger partial charge >= 0.3 is 0 Å². The lowest BCUT2D eigenvalue weighted by Gasteiger charge is -2.17. The standard InChI is InChI=1S/C18H24N2O5/c1-2-3-16(21)19(14-15-4-5-15)8-10-24-12-13-25-11-9-20-17(22)6-7-18(20)23/h2-3,6-7,14H,4-5,8-13H2,1H3/b3-2-. The van der Waals surface area contributed by atoms with Crippen molar-refractivity contribution < 1.29 is 23.9 Å². The number of hydrogen-bond donors (Lipinski definition) is 0. The molecule has 0 radical (unpaired) electrons. The third kappa shape index (κ3) is 6.64. The molecule has 0 unspecified atom stereocenters. The van der Waals surface area contributed by atoms with Gasteiger partial charge in [0.05, 0.1) is 33.0 Å². The van der Waals surface area contributed by atoms with Crippen molar-refractivity contribution in [1.29, 1.82) is 0 Å². The highest BCUT2D eigenvalue weighted by molar-refractivity contribution is 6.12. The van der Waals surface area contributed by atoms with Crippen molar-refractivity contribution in [1.82, 2.24) is 9.80 Å². The molecule has 0 spiro atoms. The van der Waals surface area contributed by atoms with E-state index in [0.29, 0.717) is 26.4 Å². The van der Waals surface area contributed by atoms with Crippen LogP contribution < -0.4 is 0 Å². The van der Waals surface area contributed by atoms with E-state index in [4.69, 9.17) is 9.47 Å². The zero-order valence-electron chi connectivity index (χ0n) is 14.5. The van der Waals surface area contributed by atoms with Gasteiger partial charge in [0.25, 0.3) is 11.8 Å². The molecule has 136 valence electrons. The van der Waals surface area contributed by atoms with E-state index in [-0.39, 0.29) is 30.9 Å². The molecule has 1 fully saturated rings. The highest BCUT2D eigenvalue weighted by Gasteiger charge is 2.22. The van der Waals surface area contributed by atoms with E-state index in [1.807, 2.05) is 13.1 Å². The second kappa shape index (κ2) is 9.90. The highest BCUT2D eigenvalue weighted by atomic mass is 16.5. The van der Waals surface area contributed by atoms with Crippen LogP contribution in [-0.2, 0) is 23.9 Å². The van der Waals surface area contributed by atoms with E-state index in [2.05, 4.69) is 0 Å². The van der Waals surface area contributed by atoms with Crippen LogP contribution in [0.1, 0.15) is 19.8 Å². The number of hydrogen-bond acceptors (Lipinski definition) is 5. The Kier molecular flexibility index (Phi) is 7.56. The summed E-state index contributed by atoms with van der Waals surface area (Å²) in [5, 5.41) is 0. The molecule has 0 atom stereocenters. The van der Waals surface area contributed by atoms with Gasteiger partial charge < -0.3 is 14.4 Å². The largest absolute Gasteiger partial charge is 0.377 e. The lowest BCUT2D eigenvalue weighted by atomic mass is 10.4. The van der Waals surface area contributed by atoms with Gasteiger partial charge in [-0.2, -0.15) is 0 Å². The van der Waals surface area contributed by atoms with Crippen molar-refractivity contribution in [2.75, 3.05) is 39.5 Å². The number of allylic oxidation sites excluding steroid dienone is 2. The van der Waals surface area contributed by atoms with Gasteiger partial charge in [-0.15, -0.1) is 0 Å².